The summed E-state index contributed by atoms with van der Waals surface area (Å²) in [5.74, 6) is 0.443. The van der Waals surface area contributed by atoms with Gasteiger partial charge in [0.1, 0.15) is 18.9 Å². The first-order valence-corrected chi connectivity index (χ1v) is 8.64. The van der Waals surface area contributed by atoms with Crippen molar-refractivity contribution in [2.45, 2.75) is 45.6 Å². The second-order valence-electron chi connectivity index (χ2n) is 6.35. The summed E-state index contributed by atoms with van der Waals surface area (Å²) < 4.78 is 32.8. The van der Waals surface area contributed by atoms with Crippen molar-refractivity contribution in [1.82, 2.24) is 14.8 Å². The number of hydrogen-bond acceptors (Lipinski definition) is 4. The van der Waals surface area contributed by atoms with Gasteiger partial charge in [-0.15, -0.1) is 0 Å². The molecule has 0 saturated heterocycles. The fourth-order valence-electron chi connectivity index (χ4n) is 3.28. The molecule has 1 aliphatic carbocycles. The number of carbonyl (C=O) groups is 1. The van der Waals surface area contributed by atoms with Crippen molar-refractivity contribution in [3.8, 4) is 5.75 Å². The minimum atomic E-state index is -2.45. The summed E-state index contributed by atoms with van der Waals surface area (Å²) in [6, 6.07) is 1.77. The number of carbonyl (C=O) groups excluding carboxylic acids is 1. The second kappa shape index (κ2) is 8.21. The molecule has 0 aliphatic heterocycles. The molecule has 1 aliphatic rings. The quantitative estimate of drug-likeness (QED) is 0.698. The van der Waals surface area contributed by atoms with E-state index in [1.54, 1.807) is 25.4 Å². The predicted molar refractivity (Wildman–Crippen MR) is 93.5 cm³/mol. The summed E-state index contributed by atoms with van der Waals surface area (Å²) in [6.45, 7) is 1.69. The Hall–Kier alpha value is -2.57. The average Bonchev–Trinajstić information content (AvgIpc) is 3.07. The fourth-order valence-corrected chi connectivity index (χ4v) is 3.28. The summed E-state index contributed by atoms with van der Waals surface area (Å²) in [4.78, 5) is 15.4. The van der Waals surface area contributed by atoms with Crippen LogP contribution in [-0.4, -0.2) is 34.1 Å². The van der Waals surface area contributed by atoms with E-state index in [2.05, 4.69) is 10.1 Å². The number of allylic oxidation sites excluding steroid dienone is 1. The van der Waals surface area contributed by atoms with Crippen LogP contribution in [-0.2, 0) is 6.54 Å². The number of ether oxygens (including phenoxy) is 1. The lowest BCUT2D eigenvalue weighted by molar-refractivity contribution is 0.111. The standard InChI is InChI=1S/C19H21F2N3O2/c1-13-8-22-9-18(16(13)11-25)26-12-14-4-2-3-5-15(14)17-6-7-23-24(17)10-19(20)21/h6-9,11,19H,2-5,10,12H2,1H3. The molecule has 0 fully saturated rings. The Morgan fingerprint density at radius 1 is 1.31 bits per heavy atom. The van der Waals surface area contributed by atoms with E-state index in [0.717, 1.165) is 54.4 Å². The molecule has 0 saturated carbocycles. The number of aromatic nitrogens is 3. The van der Waals surface area contributed by atoms with Gasteiger partial charge in [0.2, 0.25) is 0 Å². The number of aryl methyl sites for hydroxylation is 1. The largest absolute Gasteiger partial charge is 0.487 e. The molecular weight excluding hydrogens is 340 g/mol. The fraction of sp³-hybridized carbons (Fsp3) is 0.421. The molecule has 0 spiro atoms. The van der Waals surface area contributed by atoms with Crippen molar-refractivity contribution in [2.24, 2.45) is 0 Å². The Morgan fingerprint density at radius 3 is 2.88 bits per heavy atom. The van der Waals surface area contributed by atoms with Crippen LogP contribution in [0, 0.1) is 6.92 Å². The Kier molecular flexibility index (Phi) is 5.75. The molecule has 0 N–H and O–H groups in total. The first-order chi connectivity index (χ1) is 12.6. The molecule has 0 bridgehead atoms. The minimum Gasteiger partial charge on any atom is -0.487 e. The summed E-state index contributed by atoms with van der Waals surface area (Å²) >= 11 is 0. The van der Waals surface area contributed by atoms with Crippen LogP contribution in [0.15, 0.2) is 30.2 Å². The normalized spacial score (nSPS) is 14.8. The van der Waals surface area contributed by atoms with Crippen LogP contribution in [0.1, 0.15) is 47.3 Å². The molecule has 0 aromatic carbocycles. The molecule has 2 aromatic rings. The van der Waals surface area contributed by atoms with Crippen molar-refractivity contribution < 1.29 is 18.3 Å². The third-order valence-corrected chi connectivity index (χ3v) is 4.59. The highest BCUT2D eigenvalue weighted by Crippen LogP contribution is 2.33. The van der Waals surface area contributed by atoms with Gasteiger partial charge in [-0.1, -0.05) is 0 Å². The molecule has 2 heterocycles. The van der Waals surface area contributed by atoms with Gasteiger partial charge in [-0.05, 0) is 55.4 Å². The van der Waals surface area contributed by atoms with E-state index >= 15 is 0 Å². The van der Waals surface area contributed by atoms with Crippen LogP contribution in [0.4, 0.5) is 8.78 Å². The maximum absolute atomic E-state index is 12.8. The van der Waals surface area contributed by atoms with E-state index in [9.17, 15) is 13.6 Å². The number of hydrogen-bond donors (Lipinski definition) is 0. The smallest absolute Gasteiger partial charge is 0.257 e. The lowest BCUT2D eigenvalue weighted by Gasteiger charge is -2.22. The van der Waals surface area contributed by atoms with Crippen molar-refractivity contribution in [3.63, 3.8) is 0 Å². The summed E-state index contributed by atoms with van der Waals surface area (Å²) in [5.41, 5.74) is 4.04. The number of rotatable bonds is 7. The maximum atomic E-state index is 12.8. The van der Waals surface area contributed by atoms with Crippen LogP contribution in [0.5, 0.6) is 5.75 Å². The van der Waals surface area contributed by atoms with Crippen LogP contribution < -0.4 is 4.74 Å². The molecule has 3 rings (SSSR count). The van der Waals surface area contributed by atoms with Gasteiger partial charge >= 0.3 is 0 Å². The Morgan fingerprint density at radius 2 is 2.12 bits per heavy atom. The van der Waals surface area contributed by atoms with Gasteiger partial charge in [0.05, 0.1) is 17.5 Å². The number of nitrogens with zero attached hydrogens (tertiary/aromatic N) is 3. The second-order valence-corrected chi connectivity index (χ2v) is 6.35. The molecule has 0 unspecified atom stereocenters. The topological polar surface area (TPSA) is 57.0 Å². The third kappa shape index (κ3) is 3.98. The number of aldehydes is 1. The monoisotopic (exact) mass is 361 g/mol. The molecule has 26 heavy (non-hydrogen) atoms. The van der Waals surface area contributed by atoms with E-state index in [0.29, 0.717) is 17.9 Å². The summed E-state index contributed by atoms with van der Waals surface area (Å²) in [6.07, 6.45) is 6.68. The third-order valence-electron chi connectivity index (χ3n) is 4.59. The van der Waals surface area contributed by atoms with E-state index < -0.39 is 13.0 Å². The van der Waals surface area contributed by atoms with Crippen molar-refractivity contribution in [3.05, 3.63) is 47.1 Å². The molecule has 0 radical (unpaired) electrons. The highest BCUT2D eigenvalue weighted by Gasteiger charge is 2.20. The maximum Gasteiger partial charge on any atom is 0.257 e. The first-order valence-electron chi connectivity index (χ1n) is 8.64. The van der Waals surface area contributed by atoms with Gasteiger partial charge < -0.3 is 4.74 Å². The van der Waals surface area contributed by atoms with Gasteiger partial charge in [0.15, 0.2) is 6.29 Å². The SMILES string of the molecule is Cc1cncc(OCC2=C(c3ccnn3CC(F)F)CCCC2)c1C=O. The zero-order valence-corrected chi connectivity index (χ0v) is 14.6. The van der Waals surface area contributed by atoms with E-state index in [1.807, 2.05) is 0 Å². The lowest BCUT2D eigenvalue weighted by atomic mass is 9.90. The predicted octanol–water partition coefficient (Wildman–Crippen LogP) is 4.07. The van der Waals surface area contributed by atoms with E-state index in [-0.39, 0.29) is 0 Å². The van der Waals surface area contributed by atoms with Gasteiger partial charge in [0.25, 0.3) is 6.43 Å². The summed E-state index contributed by atoms with van der Waals surface area (Å²) in [5, 5.41) is 4.03. The lowest BCUT2D eigenvalue weighted by Crippen LogP contribution is -2.15. The van der Waals surface area contributed by atoms with Gasteiger partial charge in [-0.2, -0.15) is 5.10 Å². The van der Waals surface area contributed by atoms with Crippen LogP contribution >= 0.6 is 0 Å². The molecule has 2 aromatic heterocycles. The van der Waals surface area contributed by atoms with Crippen molar-refractivity contribution in [2.75, 3.05) is 6.61 Å². The molecule has 0 amide bonds. The molecule has 5 nitrogen and oxygen atoms in total. The van der Waals surface area contributed by atoms with E-state index in [1.165, 1.54) is 10.9 Å². The first kappa shape index (κ1) is 18.2. The minimum absolute atomic E-state index is 0.307. The summed E-state index contributed by atoms with van der Waals surface area (Å²) in [7, 11) is 0. The number of alkyl halides is 2. The van der Waals surface area contributed by atoms with Crippen molar-refractivity contribution >= 4 is 11.9 Å². The molecule has 0 atom stereocenters. The highest BCUT2D eigenvalue weighted by molar-refractivity contribution is 5.81. The number of pyridine rings is 1. The number of halogens is 2. The van der Waals surface area contributed by atoms with Crippen LogP contribution in [0.3, 0.4) is 0 Å². The van der Waals surface area contributed by atoms with Gasteiger partial charge in [-0.25, -0.2) is 8.78 Å². The Bertz CT molecular complexity index is 815. The van der Waals surface area contributed by atoms with Crippen molar-refractivity contribution in [1.29, 1.82) is 0 Å². The molecular formula is C19H21F2N3O2. The molecule has 7 heteroatoms. The van der Waals surface area contributed by atoms with Gasteiger partial charge in [0, 0.05) is 12.4 Å². The zero-order valence-electron chi connectivity index (χ0n) is 14.6. The highest BCUT2D eigenvalue weighted by atomic mass is 19.3. The Labute approximate surface area is 150 Å². The van der Waals surface area contributed by atoms with Crippen LogP contribution in [0.2, 0.25) is 0 Å². The van der Waals surface area contributed by atoms with Crippen LogP contribution in [0.25, 0.3) is 5.57 Å². The molecule has 138 valence electrons. The zero-order chi connectivity index (χ0) is 18.5. The van der Waals surface area contributed by atoms with Gasteiger partial charge in [-0.3, -0.25) is 14.5 Å². The Balaban J connectivity index is 1.86. The van der Waals surface area contributed by atoms with E-state index in [4.69, 9.17) is 4.74 Å². The average molecular weight is 361 g/mol.